The van der Waals surface area contributed by atoms with E-state index in [1.165, 1.54) is 12.1 Å². The van der Waals surface area contributed by atoms with Crippen LogP contribution in [0.3, 0.4) is 0 Å². The van der Waals surface area contributed by atoms with Crippen LogP contribution in [0.1, 0.15) is 22.3 Å². The zero-order chi connectivity index (χ0) is 17.2. The van der Waals surface area contributed by atoms with Gasteiger partial charge in [0.05, 0.1) is 16.3 Å². The largest absolute Gasteiger partial charge is 0.478 e. The Morgan fingerprint density at radius 2 is 2.04 bits per heavy atom. The van der Waals surface area contributed by atoms with Crippen molar-refractivity contribution in [3.63, 3.8) is 0 Å². The van der Waals surface area contributed by atoms with E-state index in [1.807, 2.05) is 18.2 Å². The van der Waals surface area contributed by atoms with Crippen LogP contribution in [0.4, 0.5) is 0 Å². The highest BCUT2D eigenvalue weighted by Crippen LogP contribution is 2.19. The molecule has 1 aromatic heterocycles. The van der Waals surface area contributed by atoms with Crippen molar-refractivity contribution >= 4 is 24.0 Å². The van der Waals surface area contributed by atoms with Gasteiger partial charge in [-0.3, -0.25) is 15.4 Å². The summed E-state index contributed by atoms with van der Waals surface area (Å²) < 4.78 is 5.87. The third kappa shape index (κ3) is 2.99. The van der Waals surface area contributed by atoms with Gasteiger partial charge in [-0.15, -0.1) is 5.10 Å². The van der Waals surface area contributed by atoms with Crippen molar-refractivity contribution in [1.82, 2.24) is 15.4 Å². The molecular weight excluding hydrogens is 320 g/mol. The molecule has 0 saturated heterocycles. The minimum atomic E-state index is -0.988. The third-order valence-electron chi connectivity index (χ3n) is 3.95. The molecule has 1 aliphatic carbocycles. The van der Waals surface area contributed by atoms with Crippen LogP contribution in [0, 0.1) is 0 Å². The number of nitrogens with zero attached hydrogens (tertiary/aromatic N) is 3. The molecule has 0 radical (unpaired) electrons. The number of ether oxygens (including phenoxy) is 1. The lowest BCUT2D eigenvalue weighted by atomic mass is 10.1. The van der Waals surface area contributed by atoms with Crippen molar-refractivity contribution in [3.8, 4) is 0 Å². The summed E-state index contributed by atoms with van der Waals surface area (Å²) >= 11 is 0. The summed E-state index contributed by atoms with van der Waals surface area (Å²) in [4.78, 5) is 19.7. The fourth-order valence-corrected chi connectivity index (χ4v) is 2.67. The number of hydrogen-bond donors (Lipinski definition) is 2. The Bertz CT molecular complexity index is 1030. The Morgan fingerprint density at radius 3 is 2.88 bits per heavy atom. The van der Waals surface area contributed by atoms with Crippen LogP contribution in [-0.4, -0.2) is 33.2 Å². The molecular formula is C18H14N4O3. The van der Waals surface area contributed by atoms with Crippen molar-refractivity contribution in [1.29, 1.82) is 0 Å². The van der Waals surface area contributed by atoms with E-state index in [-0.39, 0.29) is 5.56 Å². The number of aromatic nitrogens is 2. The van der Waals surface area contributed by atoms with Crippen LogP contribution in [0.25, 0.3) is 12.2 Å². The summed E-state index contributed by atoms with van der Waals surface area (Å²) in [5, 5.41) is 14.9. The van der Waals surface area contributed by atoms with Gasteiger partial charge in [-0.2, -0.15) is 0 Å². The number of fused-ring (bicyclic) bond motifs is 1. The number of carboxylic acids is 1. The molecule has 0 fully saturated rings. The first kappa shape index (κ1) is 15.1. The van der Waals surface area contributed by atoms with Crippen molar-refractivity contribution in [3.05, 3.63) is 70.1 Å². The third-order valence-corrected chi connectivity index (χ3v) is 3.95. The standard InChI is InChI=1S/C18H14N4O3/c23-18(24)13-3-1-2-12(10-13)17-22-21-16(25-17)11-4-6-14-15(7-5-11)20-9-8-19-14/h1-4,6-10,16,21H,5H2,(H,23,24). The van der Waals surface area contributed by atoms with E-state index >= 15 is 0 Å². The molecule has 7 nitrogen and oxygen atoms in total. The minimum Gasteiger partial charge on any atom is -0.478 e. The number of hydrazone groups is 1. The van der Waals surface area contributed by atoms with Gasteiger partial charge in [0.25, 0.3) is 0 Å². The molecule has 4 rings (SSSR count). The first-order chi connectivity index (χ1) is 12.2. The molecule has 1 atom stereocenters. The SMILES string of the molecule is O=C(O)c1cccc(C2=NNC(C3=CC=c4nccnc4=CC3)O2)c1. The maximum atomic E-state index is 11.1. The van der Waals surface area contributed by atoms with Crippen molar-refractivity contribution < 1.29 is 14.6 Å². The highest BCUT2D eigenvalue weighted by atomic mass is 16.5. The smallest absolute Gasteiger partial charge is 0.335 e. The molecule has 0 bridgehead atoms. The minimum absolute atomic E-state index is 0.190. The fourth-order valence-electron chi connectivity index (χ4n) is 2.67. The highest BCUT2D eigenvalue weighted by molar-refractivity contribution is 5.98. The Morgan fingerprint density at radius 1 is 1.20 bits per heavy atom. The van der Waals surface area contributed by atoms with Gasteiger partial charge in [0, 0.05) is 18.0 Å². The van der Waals surface area contributed by atoms with Crippen LogP contribution >= 0.6 is 0 Å². The number of carboxylic acid groups (broad SMARTS) is 1. The first-order valence-electron chi connectivity index (χ1n) is 7.72. The number of rotatable bonds is 3. The number of carbonyl (C=O) groups is 1. The number of benzene rings is 1. The maximum absolute atomic E-state index is 11.1. The van der Waals surface area contributed by atoms with Crippen molar-refractivity contribution in [2.75, 3.05) is 0 Å². The second-order valence-corrected chi connectivity index (χ2v) is 5.57. The molecule has 25 heavy (non-hydrogen) atoms. The van der Waals surface area contributed by atoms with Gasteiger partial charge in [0.2, 0.25) is 12.1 Å². The number of hydrogen-bond acceptors (Lipinski definition) is 6. The highest BCUT2D eigenvalue weighted by Gasteiger charge is 2.24. The average molecular weight is 334 g/mol. The second kappa shape index (κ2) is 6.20. The summed E-state index contributed by atoms with van der Waals surface area (Å²) in [5.41, 5.74) is 4.73. The van der Waals surface area contributed by atoms with Gasteiger partial charge in [-0.05, 0) is 36.3 Å². The van der Waals surface area contributed by atoms with Crippen LogP contribution in [0.15, 0.2) is 53.4 Å². The summed E-state index contributed by atoms with van der Waals surface area (Å²) in [5.74, 6) is -0.620. The zero-order valence-electron chi connectivity index (χ0n) is 13.1. The Labute approximate surface area is 142 Å². The van der Waals surface area contributed by atoms with Crippen LogP contribution < -0.4 is 16.1 Å². The molecule has 1 unspecified atom stereocenters. The molecule has 0 amide bonds. The van der Waals surface area contributed by atoms with Crippen molar-refractivity contribution in [2.24, 2.45) is 5.10 Å². The van der Waals surface area contributed by atoms with Gasteiger partial charge in [-0.1, -0.05) is 18.2 Å². The van der Waals surface area contributed by atoms with Gasteiger partial charge < -0.3 is 9.84 Å². The van der Waals surface area contributed by atoms with E-state index < -0.39 is 12.2 Å². The predicted octanol–water partition coefficient (Wildman–Crippen LogP) is 0.374. The molecule has 1 aliphatic heterocycles. The lowest BCUT2D eigenvalue weighted by Crippen LogP contribution is -2.29. The monoisotopic (exact) mass is 334 g/mol. The molecule has 1 aromatic carbocycles. The van der Waals surface area contributed by atoms with Crippen molar-refractivity contribution in [2.45, 2.75) is 12.6 Å². The van der Waals surface area contributed by atoms with E-state index in [0.717, 1.165) is 16.3 Å². The molecule has 2 heterocycles. The normalized spacial score (nSPS) is 18.3. The first-order valence-corrected chi connectivity index (χ1v) is 7.72. The van der Waals surface area contributed by atoms with Crippen LogP contribution in [0.5, 0.6) is 0 Å². The van der Waals surface area contributed by atoms with E-state index in [0.29, 0.717) is 17.9 Å². The van der Waals surface area contributed by atoms with Crippen LogP contribution in [0.2, 0.25) is 0 Å². The number of allylic oxidation sites excluding steroid dienone is 1. The van der Waals surface area contributed by atoms with E-state index in [9.17, 15) is 4.79 Å². The zero-order valence-corrected chi connectivity index (χ0v) is 13.1. The average Bonchev–Trinajstić information content (AvgIpc) is 3.03. The molecule has 7 heteroatoms. The lowest BCUT2D eigenvalue weighted by Gasteiger charge is -2.13. The lowest BCUT2D eigenvalue weighted by molar-refractivity contribution is 0.0697. The number of nitrogens with one attached hydrogen (secondary N) is 1. The summed E-state index contributed by atoms with van der Waals surface area (Å²) in [6.45, 7) is 0. The topological polar surface area (TPSA) is 96.7 Å². The van der Waals surface area contributed by atoms with E-state index in [2.05, 4.69) is 20.5 Å². The second-order valence-electron chi connectivity index (χ2n) is 5.57. The molecule has 0 saturated carbocycles. The molecule has 0 spiro atoms. The molecule has 124 valence electrons. The Balaban J connectivity index is 1.55. The molecule has 2 aromatic rings. The summed E-state index contributed by atoms with van der Waals surface area (Å²) in [6, 6.07) is 6.49. The molecule has 2 aliphatic rings. The van der Waals surface area contributed by atoms with Crippen LogP contribution in [-0.2, 0) is 4.74 Å². The van der Waals surface area contributed by atoms with Gasteiger partial charge in [-0.25, -0.2) is 4.79 Å². The van der Waals surface area contributed by atoms with Gasteiger partial charge in [0.1, 0.15) is 0 Å². The summed E-state index contributed by atoms with van der Waals surface area (Å²) in [6.07, 6.45) is 9.39. The maximum Gasteiger partial charge on any atom is 0.335 e. The Hall–Kier alpha value is -3.48. The molecule has 2 N–H and O–H groups in total. The fraction of sp³-hybridized carbons (Fsp3) is 0.111. The number of aromatic carboxylic acids is 1. The van der Waals surface area contributed by atoms with E-state index in [4.69, 9.17) is 9.84 Å². The summed E-state index contributed by atoms with van der Waals surface area (Å²) in [7, 11) is 0. The van der Waals surface area contributed by atoms with E-state index in [1.54, 1.807) is 24.5 Å². The Kier molecular flexibility index (Phi) is 3.74. The predicted molar refractivity (Wildman–Crippen MR) is 90.9 cm³/mol. The quantitative estimate of drug-likeness (QED) is 0.842. The van der Waals surface area contributed by atoms with Gasteiger partial charge in [0.15, 0.2) is 0 Å². The van der Waals surface area contributed by atoms with Gasteiger partial charge >= 0.3 is 5.97 Å².